The lowest BCUT2D eigenvalue weighted by atomic mass is 10.0. The van der Waals surface area contributed by atoms with Gasteiger partial charge in [0.05, 0.1) is 17.4 Å². The van der Waals surface area contributed by atoms with Gasteiger partial charge in [-0.2, -0.15) is 0 Å². The fourth-order valence-corrected chi connectivity index (χ4v) is 4.40. The predicted octanol–water partition coefficient (Wildman–Crippen LogP) is 4.39. The summed E-state index contributed by atoms with van der Waals surface area (Å²) in [4.78, 5) is 5.63. The second kappa shape index (κ2) is 6.95. The number of rotatable bonds is 5. The van der Waals surface area contributed by atoms with Crippen molar-refractivity contribution in [1.29, 1.82) is 0 Å². The zero-order valence-corrected chi connectivity index (χ0v) is 14.2. The fourth-order valence-electron chi connectivity index (χ4n) is 3.29. The van der Waals surface area contributed by atoms with Crippen LogP contribution in [0.25, 0.3) is 11.0 Å². The van der Waals surface area contributed by atoms with Gasteiger partial charge in [0.15, 0.2) is 0 Å². The minimum Gasteiger partial charge on any atom is -0.331 e. The van der Waals surface area contributed by atoms with E-state index in [1.54, 1.807) is 12.1 Å². The van der Waals surface area contributed by atoms with Crippen LogP contribution < -0.4 is 5.32 Å². The molecular formula is C19H20FN3S. The first-order valence-corrected chi connectivity index (χ1v) is 9.35. The van der Waals surface area contributed by atoms with E-state index in [1.807, 2.05) is 42.4 Å². The molecule has 1 atom stereocenters. The van der Waals surface area contributed by atoms with E-state index in [1.165, 1.54) is 10.4 Å². The number of thioether (sulfide) groups is 1. The molecule has 2 aromatic carbocycles. The van der Waals surface area contributed by atoms with Crippen LogP contribution in [0.15, 0.2) is 53.7 Å². The summed E-state index contributed by atoms with van der Waals surface area (Å²) in [7, 11) is 0. The largest absolute Gasteiger partial charge is 0.331 e. The highest BCUT2D eigenvalue weighted by Gasteiger charge is 2.20. The maximum atomic E-state index is 13.5. The fraction of sp³-hybridized carbons (Fsp3) is 0.316. The van der Waals surface area contributed by atoms with Crippen LogP contribution in [-0.2, 0) is 6.54 Å². The van der Waals surface area contributed by atoms with Gasteiger partial charge in [0.2, 0.25) is 0 Å². The molecule has 0 amide bonds. The van der Waals surface area contributed by atoms with E-state index in [2.05, 4.69) is 20.9 Å². The minimum absolute atomic E-state index is 0.145. The number of imidazole rings is 1. The average molecular weight is 341 g/mol. The summed E-state index contributed by atoms with van der Waals surface area (Å²) >= 11 is 1.82. The van der Waals surface area contributed by atoms with Crippen LogP contribution in [0.2, 0.25) is 0 Å². The van der Waals surface area contributed by atoms with Crippen molar-refractivity contribution in [2.24, 2.45) is 0 Å². The van der Waals surface area contributed by atoms with Gasteiger partial charge in [-0.25, -0.2) is 9.37 Å². The van der Waals surface area contributed by atoms with Crippen LogP contribution in [0.5, 0.6) is 0 Å². The Bertz CT molecular complexity index is 845. The summed E-state index contributed by atoms with van der Waals surface area (Å²) in [5.41, 5.74) is 3.33. The first kappa shape index (κ1) is 15.7. The maximum absolute atomic E-state index is 13.5. The molecule has 1 aliphatic rings. The minimum atomic E-state index is -0.145. The number of halogens is 1. The van der Waals surface area contributed by atoms with Crippen molar-refractivity contribution in [3.05, 3.63) is 60.2 Å². The number of nitrogens with zero attached hydrogens (tertiary/aromatic N) is 2. The van der Waals surface area contributed by atoms with Gasteiger partial charge in [-0.15, -0.1) is 11.8 Å². The third-order valence-corrected chi connectivity index (χ3v) is 5.63. The molecule has 1 aromatic heterocycles. The van der Waals surface area contributed by atoms with Crippen molar-refractivity contribution < 1.29 is 4.39 Å². The number of hydrogen-bond acceptors (Lipinski definition) is 3. The molecule has 24 heavy (non-hydrogen) atoms. The van der Waals surface area contributed by atoms with E-state index in [0.717, 1.165) is 42.8 Å². The molecule has 3 nitrogen and oxygen atoms in total. The van der Waals surface area contributed by atoms with Gasteiger partial charge in [-0.1, -0.05) is 12.1 Å². The van der Waals surface area contributed by atoms with Crippen LogP contribution >= 0.6 is 11.8 Å². The average Bonchev–Trinajstić information content (AvgIpc) is 3.02. The molecule has 0 radical (unpaired) electrons. The first-order valence-electron chi connectivity index (χ1n) is 8.37. The summed E-state index contributed by atoms with van der Waals surface area (Å²) in [5.74, 6) is 0.940. The second-order valence-corrected chi connectivity index (χ2v) is 7.24. The highest BCUT2D eigenvalue weighted by Crippen LogP contribution is 2.36. The van der Waals surface area contributed by atoms with Gasteiger partial charge in [0.1, 0.15) is 5.82 Å². The monoisotopic (exact) mass is 341 g/mol. The molecule has 0 fully saturated rings. The molecule has 0 aliphatic carbocycles. The number of aryl methyl sites for hydroxylation is 1. The van der Waals surface area contributed by atoms with Gasteiger partial charge >= 0.3 is 0 Å². The summed E-state index contributed by atoms with van der Waals surface area (Å²) in [6.07, 6.45) is 3.98. The van der Waals surface area contributed by atoms with E-state index in [9.17, 15) is 4.39 Å². The number of nitrogens with one attached hydrogen (secondary N) is 1. The Morgan fingerprint density at radius 2 is 2.17 bits per heavy atom. The number of aromatic nitrogens is 2. The maximum Gasteiger partial charge on any atom is 0.123 e. The molecule has 1 unspecified atom stereocenters. The Balaban J connectivity index is 1.36. The quantitative estimate of drug-likeness (QED) is 0.698. The summed E-state index contributed by atoms with van der Waals surface area (Å²) in [6, 6.07) is 13.6. The Kier molecular flexibility index (Phi) is 4.54. The summed E-state index contributed by atoms with van der Waals surface area (Å²) < 4.78 is 15.7. The molecule has 5 heteroatoms. The molecule has 4 rings (SSSR count). The number of hydrogen-bond donors (Lipinski definition) is 1. The van der Waals surface area contributed by atoms with E-state index in [-0.39, 0.29) is 11.9 Å². The van der Waals surface area contributed by atoms with Crippen LogP contribution in [0.3, 0.4) is 0 Å². The van der Waals surface area contributed by atoms with Crippen molar-refractivity contribution in [2.45, 2.75) is 30.3 Å². The normalized spacial score (nSPS) is 17.1. The molecule has 0 saturated heterocycles. The Morgan fingerprint density at radius 3 is 3.12 bits per heavy atom. The third-order valence-electron chi connectivity index (χ3n) is 4.51. The Morgan fingerprint density at radius 1 is 1.25 bits per heavy atom. The number of fused-ring (bicyclic) bond motifs is 2. The lowest BCUT2D eigenvalue weighted by Gasteiger charge is -2.26. The van der Waals surface area contributed by atoms with E-state index >= 15 is 0 Å². The lowest BCUT2D eigenvalue weighted by Crippen LogP contribution is -2.26. The van der Waals surface area contributed by atoms with Gasteiger partial charge in [0, 0.05) is 17.5 Å². The van der Waals surface area contributed by atoms with Crippen molar-refractivity contribution in [3.8, 4) is 0 Å². The van der Waals surface area contributed by atoms with E-state index in [4.69, 9.17) is 0 Å². The van der Waals surface area contributed by atoms with Crippen molar-refractivity contribution in [2.75, 3.05) is 12.3 Å². The first-order chi connectivity index (χ1) is 11.8. The lowest BCUT2D eigenvalue weighted by molar-refractivity contribution is 0.483. The zero-order valence-electron chi connectivity index (χ0n) is 13.4. The van der Waals surface area contributed by atoms with Gasteiger partial charge in [-0.3, -0.25) is 0 Å². The van der Waals surface area contributed by atoms with Crippen molar-refractivity contribution in [1.82, 2.24) is 14.9 Å². The van der Waals surface area contributed by atoms with Gasteiger partial charge in [0.25, 0.3) is 0 Å². The molecule has 1 N–H and O–H groups in total. The Labute approximate surface area is 145 Å². The third kappa shape index (κ3) is 3.19. The SMILES string of the molecule is Fc1ccc2c(c1)C(NCCCn1cnc3ccccc31)CCS2. The van der Waals surface area contributed by atoms with Crippen LogP contribution in [-0.4, -0.2) is 21.8 Å². The molecule has 124 valence electrons. The summed E-state index contributed by atoms with van der Waals surface area (Å²) in [5, 5.41) is 3.60. The predicted molar refractivity (Wildman–Crippen MR) is 96.8 cm³/mol. The van der Waals surface area contributed by atoms with E-state index in [0.29, 0.717) is 0 Å². The topological polar surface area (TPSA) is 29.9 Å². The molecule has 0 saturated carbocycles. The molecule has 1 aliphatic heterocycles. The highest BCUT2D eigenvalue weighted by atomic mass is 32.2. The highest BCUT2D eigenvalue weighted by molar-refractivity contribution is 7.99. The Hall–Kier alpha value is -1.85. The van der Waals surface area contributed by atoms with Crippen LogP contribution in [0, 0.1) is 5.82 Å². The summed E-state index contributed by atoms with van der Waals surface area (Å²) in [6.45, 7) is 1.85. The standard InChI is InChI=1S/C19H20FN3S/c20-14-6-7-19-15(12-14)16(8-11-24-19)21-9-3-10-23-13-22-17-4-1-2-5-18(17)23/h1-2,4-7,12-13,16,21H,3,8-11H2. The number of para-hydroxylation sites is 2. The van der Waals surface area contributed by atoms with Gasteiger partial charge < -0.3 is 9.88 Å². The molecule has 0 bridgehead atoms. The van der Waals surface area contributed by atoms with Crippen LogP contribution in [0.1, 0.15) is 24.4 Å². The van der Waals surface area contributed by atoms with Crippen LogP contribution in [0.4, 0.5) is 4.39 Å². The molecule has 3 aromatic rings. The van der Waals surface area contributed by atoms with Crippen molar-refractivity contribution >= 4 is 22.8 Å². The van der Waals surface area contributed by atoms with Crippen molar-refractivity contribution in [3.63, 3.8) is 0 Å². The second-order valence-electron chi connectivity index (χ2n) is 6.11. The number of benzene rings is 2. The van der Waals surface area contributed by atoms with Gasteiger partial charge in [-0.05, 0) is 61.0 Å². The molecule has 0 spiro atoms. The zero-order chi connectivity index (χ0) is 16.4. The molecule has 2 heterocycles. The smallest absolute Gasteiger partial charge is 0.123 e. The molecular weight excluding hydrogens is 321 g/mol. The van der Waals surface area contributed by atoms with E-state index < -0.39 is 0 Å².